The number of nitrogens with one attached hydrogen (secondary N) is 1. The van der Waals surface area contributed by atoms with Gasteiger partial charge in [-0.2, -0.15) is 5.10 Å². The maximum atomic E-state index is 4.53. The Morgan fingerprint density at radius 2 is 1.89 bits per heavy atom. The van der Waals surface area contributed by atoms with E-state index in [-0.39, 0.29) is 0 Å². The molecule has 2 heterocycles. The van der Waals surface area contributed by atoms with Crippen molar-refractivity contribution >= 4 is 5.82 Å². The van der Waals surface area contributed by atoms with E-state index >= 15 is 0 Å². The number of aryl methyl sites for hydroxylation is 3. The number of rotatable bonds is 5. The Morgan fingerprint density at radius 3 is 2.53 bits per heavy atom. The van der Waals surface area contributed by atoms with Gasteiger partial charge in [-0.15, -0.1) is 0 Å². The monoisotopic (exact) mass is 259 g/mol. The minimum absolute atomic E-state index is 0.613. The Bertz CT molecular complexity index is 559. The molecule has 5 nitrogen and oxygen atoms in total. The van der Waals surface area contributed by atoms with Crippen LogP contribution in [0.4, 0.5) is 5.82 Å². The molecule has 0 fully saturated rings. The molecule has 0 amide bonds. The van der Waals surface area contributed by atoms with E-state index in [9.17, 15) is 0 Å². The minimum atomic E-state index is 0.613. The summed E-state index contributed by atoms with van der Waals surface area (Å²) in [5, 5.41) is 7.74. The molecular weight excluding hydrogens is 238 g/mol. The topological polar surface area (TPSA) is 55.6 Å². The molecule has 0 aliphatic carbocycles. The van der Waals surface area contributed by atoms with Crippen LogP contribution < -0.4 is 5.32 Å². The second-order valence-electron chi connectivity index (χ2n) is 4.82. The van der Waals surface area contributed by atoms with Gasteiger partial charge in [0.05, 0.1) is 5.69 Å². The standard InChI is InChI=1S/C14H21N5/c1-5-6-15-13-8-10(2)16-14(17-13)9-19-12(4)7-11(3)18-19/h7-8H,5-6,9H2,1-4H3,(H,15,16,17). The zero-order valence-corrected chi connectivity index (χ0v) is 12.1. The van der Waals surface area contributed by atoms with Crippen LogP contribution in [0.2, 0.25) is 0 Å². The van der Waals surface area contributed by atoms with Crippen LogP contribution in [0.25, 0.3) is 0 Å². The first kappa shape index (κ1) is 13.5. The van der Waals surface area contributed by atoms with Crippen molar-refractivity contribution in [2.75, 3.05) is 11.9 Å². The Labute approximate surface area is 114 Å². The summed E-state index contributed by atoms with van der Waals surface area (Å²) in [6, 6.07) is 4.03. The van der Waals surface area contributed by atoms with Crippen LogP contribution in [-0.4, -0.2) is 26.3 Å². The van der Waals surface area contributed by atoms with Crippen LogP contribution in [0.15, 0.2) is 12.1 Å². The zero-order chi connectivity index (χ0) is 13.8. The molecule has 0 aliphatic rings. The van der Waals surface area contributed by atoms with Gasteiger partial charge in [0.1, 0.15) is 12.4 Å². The van der Waals surface area contributed by atoms with Crippen molar-refractivity contribution in [3.05, 3.63) is 35.0 Å². The Hall–Kier alpha value is -1.91. The molecule has 5 heteroatoms. The molecule has 0 aliphatic heterocycles. The van der Waals surface area contributed by atoms with Gasteiger partial charge in [-0.25, -0.2) is 9.97 Å². The molecule has 2 aromatic rings. The van der Waals surface area contributed by atoms with Gasteiger partial charge in [-0.05, 0) is 33.3 Å². The van der Waals surface area contributed by atoms with Gasteiger partial charge in [0, 0.05) is 24.0 Å². The smallest absolute Gasteiger partial charge is 0.152 e. The molecule has 19 heavy (non-hydrogen) atoms. The first-order valence-electron chi connectivity index (χ1n) is 6.68. The van der Waals surface area contributed by atoms with Crippen LogP contribution in [0.3, 0.4) is 0 Å². The highest BCUT2D eigenvalue weighted by Gasteiger charge is 2.06. The van der Waals surface area contributed by atoms with Crippen LogP contribution >= 0.6 is 0 Å². The molecule has 2 rings (SSSR count). The normalized spacial score (nSPS) is 10.7. The van der Waals surface area contributed by atoms with Crippen LogP contribution in [0.5, 0.6) is 0 Å². The lowest BCUT2D eigenvalue weighted by molar-refractivity contribution is 0.630. The molecule has 0 aromatic carbocycles. The third-order valence-electron chi connectivity index (χ3n) is 2.85. The van der Waals surface area contributed by atoms with E-state index in [2.05, 4.69) is 33.4 Å². The Kier molecular flexibility index (Phi) is 4.14. The summed E-state index contributed by atoms with van der Waals surface area (Å²) < 4.78 is 1.94. The minimum Gasteiger partial charge on any atom is -0.370 e. The van der Waals surface area contributed by atoms with Gasteiger partial charge in [-0.1, -0.05) is 6.92 Å². The van der Waals surface area contributed by atoms with Gasteiger partial charge in [0.15, 0.2) is 5.82 Å². The molecular formula is C14H21N5. The number of anilines is 1. The molecule has 0 spiro atoms. The summed E-state index contributed by atoms with van der Waals surface area (Å²) in [7, 11) is 0. The lowest BCUT2D eigenvalue weighted by Gasteiger charge is -2.08. The molecule has 0 bridgehead atoms. The maximum Gasteiger partial charge on any atom is 0.152 e. The summed E-state index contributed by atoms with van der Waals surface area (Å²) in [5.41, 5.74) is 3.13. The first-order valence-corrected chi connectivity index (χ1v) is 6.68. The summed E-state index contributed by atoms with van der Waals surface area (Å²) in [5.74, 6) is 1.69. The quantitative estimate of drug-likeness (QED) is 0.896. The van der Waals surface area contributed by atoms with E-state index in [1.54, 1.807) is 0 Å². The van der Waals surface area contributed by atoms with Crippen LogP contribution in [0, 0.1) is 20.8 Å². The van der Waals surface area contributed by atoms with E-state index in [1.165, 1.54) is 0 Å². The number of aromatic nitrogens is 4. The van der Waals surface area contributed by atoms with Crippen LogP contribution in [-0.2, 0) is 6.54 Å². The largest absolute Gasteiger partial charge is 0.370 e. The fourth-order valence-corrected chi connectivity index (χ4v) is 2.01. The van der Waals surface area contributed by atoms with Gasteiger partial charge in [-0.3, -0.25) is 4.68 Å². The average molecular weight is 259 g/mol. The molecule has 2 aromatic heterocycles. The Balaban J connectivity index is 2.20. The molecule has 0 radical (unpaired) electrons. The van der Waals surface area contributed by atoms with Crippen molar-refractivity contribution in [3.8, 4) is 0 Å². The molecule has 0 saturated carbocycles. The Morgan fingerprint density at radius 1 is 1.11 bits per heavy atom. The molecule has 0 unspecified atom stereocenters. The average Bonchev–Trinajstić information content (AvgIpc) is 2.64. The molecule has 0 saturated heterocycles. The fraction of sp³-hybridized carbons (Fsp3) is 0.500. The van der Waals surface area contributed by atoms with Crippen molar-refractivity contribution in [3.63, 3.8) is 0 Å². The molecule has 1 N–H and O–H groups in total. The third-order valence-corrected chi connectivity index (χ3v) is 2.85. The first-order chi connectivity index (χ1) is 9.08. The lowest BCUT2D eigenvalue weighted by atomic mass is 10.3. The van der Waals surface area contributed by atoms with E-state index in [0.29, 0.717) is 6.54 Å². The highest BCUT2D eigenvalue weighted by atomic mass is 15.3. The van der Waals surface area contributed by atoms with Gasteiger partial charge in [0.25, 0.3) is 0 Å². The van der Waals surface area contributed by atoms with Crippen molar-refractivity contribution in [2.45, 2.75) is 40.7 Å². The van der Waals surface area contributed by atoms with Crippen molar-refractivity contribution in [1.82, 2.24) is 19.7 Å². The van der Waals surface area contributed by atoms with Crippen LogP contribution in [0.1, 0.15) is 36.3 Å². The van der Waals surface area contributed by atoms with Crippen molar-refractivity contribution < 1.29 is 0 Å². The lowest BCUT2D eigenvalue weighted by Crippen LogP contribution is -2.11. The highest BCUT2D eigenvalue weighted by Crippen LogP contribution is 2.09. The number of hydrogen-bond donors (Lipinski definition) is 1. The summed E-state index contributed by atoms with van der Waals surface area (Å²) in [6.45, 7) is 9.71. The number of hydrogen-bond acceptors (Lipinski definition) is 4. The van der Waals surface area contributed by atoms with E-state index in [0.717, 1.165) is 41.7 Å². The predicted octanol–water partition coefficient (Wildman–Crippen LogP) is 2.47. The predicted molar refractivity (Wildman–Crippen MR) is 76.4 cm³/mol. The number of nitrogens with zero attached hydrogens (tertiary/aromatic N) is 4. The highest BCUT2D eigenvalue weighted by molar-refractivity contribution is 5.35. The SMILES string of the molecule is CCCNc1cc(C)nc(Cn2nc(C)cc2C)n1. The van der Waals surface area contributed by atoms with E-state index in [1.807, 2.05) is 31.5 Å². The van der Waals surface area contributed by atoms with Gasteiger partial charge in [0.2, 0.25) is 0 Å². The zero-order valence-electron chi connectivity index (χ0n) is 12.1. The molecule has 0 atom stereocenters. The summed E-state index contributed by atoms with van der Waals surface area (Å²) in [6.07, 6.45) is 1.08. The van der Waals surface area contributed by atoms with Crippen molar-refractivity contribution in [2.24, 2.45) is 0 Å². The van der Waals surface area contributed by atoms with Gasteiger partial charge >= 0.3 is 0 Å². The third kappa shape index (κ3) is 3.53. The van der Waals surface area contributed by atoms with E-state index in [4.69, 9.17) is 0 Å². The summed E-state index contributed by atoms with van der Waals surface area (Å²) in [4.78, 5) is 9.01. The second-order valence-corrected chi connectivity index (χ2v) is 4.82. The molecule has 102 valence electrons. The second kappa shape index (κ2) is 5.82. The van der Waals surface area contributed by atoms with Crippen molar-refractivity contribution in [1.29, 1.82) is 0 Å². The fourth-order valence-electron chi connectivity index (χ4n) is 2.01. The van der Waals surface area contributed by atoms with Gasteiger partial charge < -0.3 is 5.32 Å². The summed E-state index contributed by atoms with van der Waals surface area (Å²) >= 11 is 0. The van der Waals surface area contributed by atoms with E-state index < -0.39 is 0 Å². The maximum absolute atomic E-state index is 4.53.